The van der Waals surface area contributed by atoms with Crippen molar-refractivity contribution in [1.29, 1.82) is 0 Å². The largest absolute Gasteiger partial charge is 0.496 e. The van der Waals surface area contributed by atoms with Crippen molar-refractivity contribution < 1.29 is 17.9 Å². The maximum Gasteiger partial charge on any atom is 0.318 e. The maximum atomic E-state index is 13.6. The van der Waals surface area contributed by atoms with Gasteiger partial charge < -0.3 is 19.3 Å². The molecule has 5 rings (SSSR count). The zero-order valence-electron chi connectivity index (χ0n) is 19.7. The lowest BCUT2D eigenvalue weighted by Gasteiger charge is -2.35. The molecule has 2 aliphatic rings. The molecule has 0 N–H and O–H groups in total. The Bertz CT molecular complexity index is 1320. The molecule has 0 aliphatic carbocycles. The van der Waals surface area contributed by atoms with Crippen LogP contribution in [0.25, 0.3) is 10.9 Å². The Labute approximate surface area is 200 Å². The van der Waals surface area contributed by atoms with Crippen LogP contribution in [0.4, 0.5) is 5.82 Å². The zero-order chi connectivity index (χ0) is 23.9. The highest BCUT2D eigenvalue weighted by atomic mass is 32.2. The third-order valence-electron chi connectivity index (χ3n) is 6.66. The van der Waals surface area contributed by atoms with Gasteiger partial charge in [0.1, 0.15) is 11.6 Å². The smallest absolute Gasteiger partial charge is 0.318 e. The van der Waals surface area contributed by atoms with Crippen LogP contribution in [0, 0.1) is 0 Å². The number of rotatable bonds is 5. The lowest BCUT2D eigenvalue weighted by molar-refractivity contribution is 0.222. The summed E-state index contributed by atoms with van der Waals surface area (Å²) in [6, 6.07) is 11.5. The average Bonchev–Trinajstić information content (AvgIpc) is 2.87. The second kappa shape index (κ2) is 9.01. The van der Waals surface area contributed by atoms with Gasteiger partial charge in [0, 0.05) is 39.3 Å². The predicted octanol–water partition coefficient (Wildman–Crippen LogP) is 2.15. The molecule has 1 aromatic heterocycles. The van der Waals surface area contributed by atoms with Crippen LogP contribution in [0.15, 0.2) is 41.3 Å². The molecular weight excluding hydrogens is 454 g/mol. The number of aromatic nitrogens is 2. The number of likely N-dealkylation sites (N-methyl/N-ethyl adjacent to an activating group) is 1. The van der Waals surface area contributed by atoms with Crippen molar-refractivity contribution in [2.45, 2.75) is 17.9 Å². The highest BCUT2D eigenvalue weighted by molar-refractivity contribution is 7.89. The molecule has 0 bridgehead atoms. The monoisotopic (exact) mass is 483 g/mol. The quantitative estimate of drug-likeness (QED) is 0.546. The third-order valence-corrected chi connectivity index (χ3v) is 8.64. The number of fused-ring (bicyclic) bond motifs is 2. The molecule has 3 aromatic rings. The number of sulfonamides is 1. The van der Waals surface area contributed by atoms with E-state index in [2.05, 4.69) is 19.8 Å². The Hall–Kier alpha value is -2.95. The number of nitrogens with zero attached hydrogens (tertiary/aromatic N) is 5. The fourth-order valence-corrected chi connectivity index (χ4v) is 6.42. The van der Waals surface area contributed by atoms with Gasteiger partial charge in [-0.25, -0.2) is 8.42 Å². The minimum atomic E-state index is -3.60. The molecule has 10 heteroatoms. The number of piperazine rings is 1. The molecule has 1 saturated heterocycles. The topological polar surface area (TPSA) is 88.1 Å². The Balaban J connectivity index is 1.58. The van der Waals surface area contributed by atoms with E-state index in [0.717, 1.165) is 29.6 Å². The summed E-state index contributed by atoms with van der Waals surface area (Å²) < 4.78 is 39.9. The molecule has 0 radical (unpaired) electrons. The van der Waals surface area contributed by atoms with Gasteiger partial charge in [0.15, 0.2) is 0 Å². The number of anilines is 1. The van der Waals surface area contributed by atoms with Crippen LogP contribution >= 0.6 is 0 Å². The summed E-state index contributed by atoms with van der Waals surface area (Å²) in [5.41, 5.74) is 2.60. The van der Waals surface area contributed by atoms with E-state index in [4.69, 9.17) is 9.47 Å². The van der Waals surface area contributed by atoms with Gasteiger partial charge in [-0.1, -0.05) is 18.2 Å². The Morgan fingerprint density at radius 1 is 0.912 bits per heavy atom. The van der Waals surface area contributed by atoms with Crippen LogP contribution in [0.1, 0.15) is 11.1 Å². The van der Waals surface area contributed by atoms with Crippen LogP contribution in [0.5, 0.6) is 11.8 Å². The van der Waals surface area contributed by atoms with Gasteiger partial charge in [-0.05, 0) is 42.8 Å². The molecule has 0 unspecified atom stereocenters. The fourth-order valence-electron chi connectivity index (χ4n) is 4.74. The average molecular weight is 484 g/mol. The maximum absolute atomic E-state index is 13.6. The molecule has 0 saturated carbocycles. The molecule has 1 fully saturated rings. The summed E-state index contributed by atoms with van der Waals surface area (Å²) in [5, 5.41) is 0.786. The van der Waals surface area contributed by atoms with Crippen LogP contribution in [-0.2, 0) is 23.0 Å². The Morgan fingerprint density at radius 3 is 2.41 bits per heavy atom. The van der Waals surface area contributed by atoms with Crippen molar-refractivity contribution in [3.63, 3.8) is 0 Å². The lowest BCUT2D eigenvalue weighted by Crippen LogP contribution is -2.47. The van der Waals surface area contributed by atoms with Crippen LogP contribution < -0.4 is 14.4 Å². The van der Waals surface area contributed by atoms with Crippen molar-refractivity contribution in [2.24, 2.45) is 0 Å². The van der Waals surface area contributed by atoms with Gasteiger partial charge in [-0.2, -0.15) is 14.3 Å². The van der Waals surface area contributed by atoms with Gasteiger partial charge in [0.25, 0.3) is 0 Å². The molecule has 34 heavy (non-hydrogen) atoms. The number of methoxy groups -OCH3 is 2. The molecule has 2 aromatic carbocycles. The first kappa shape index (κ1) is 22.8. The van der Waals surface area contributed by atoms with E-state index in [1.165, 1.54) is 7.11 Å². The molecule has 2 aliphatic heterocycles. The van der Waals surface area contributed by atoms with E-state index >= 15 is 0 Å². The lowest BCUT2D eigenvalue weighted by atomic mass is 9.99. The minimum Gasteiger partial charge on any atom is -0.496 e. The van der Waals surface area contributed by atoms with E-state index in [0.29, 0.717) is 54.6 Å². The number of hydrogen-bond donors (Lipinski definition) is 0. The van der Waals surface area contributed by atoms with E-state index in [9.17, 15) is 8.42 Å². The molecule has 0 spiro atoms. The molecule has 0 atom stereocenters. The molecule has 180 valence electrons. The van der Waals surface area contributed by atoms with Crippen molar-refractivity contribution in [1.82, 2.24) is 19.2 Å². The predicted molar refractivity (Wildman–Crippen MR) is 130 cm³/mol. The van der Waals surface area contributed by atoms with Crippen molar-refractivity contribution in [3.8, 4) is 11.8 Å². The van der Waals surface area contributed by atoms with Crippen LogP contribution in [0.3, 0.4) is 0 Å². The Kier molecular flexibility index (Phi) is 6.05. The van der Waals surface area contributed by atoms with E-state index in [1.807, 2.05) is 37.4 Å². The Morgan fingerprint density at radius 2 is 1.68 bits per heavy atom. The first-order valence-corrected chi connectivity index (χ1v) is 12.8. The SMILES string of the molecule is COc1nc(N2CCc3cccc(S(=O)(=O)N4CCN(C)CC4)c3C2)c2c(OC)cccc2n1. The van der Waals surface area contributed by atoms with Crippen LogP contribution in [0.2, 0.25) is 0 Å². The fraction of sp³-hybridized carbons (Fsp3) is 0.417. The summed E-state index contributed by atoms with van der Waals surface area (Å²) in [4.78, 5) is 13.8. The summed E-state index contributed by atoms with van der Waals surface area (Å²) in [6.45, 7) is 3.57. The van der Waals surface area contributed by atoms with Crippen molar-refractivity contribution in [2.75, 3.05) is 58.9 Å². The van der Waals surface area contributed by atoms with E-state index in [1.54, 1.807) is 17.5 Å². The van der Waals surface area contributed by atoms with Gasteiger partial charge >= 0.3 is 6.01 Å². The summed E-state index contributed by atoms with van der Waals surface area (Å²) in [6.07, 6.45) is 0.713. The van der Waals surface area contributed by atoms with Gasteiger partial charge in [0.05, 0.1) is 30.0 Å². The van der Waals surface area contributed by atoms with Crippen molar-refractivity contribution in [3.05, 3.63) is 47.5 Å². The number of hydrogen-bond acceptors (Lipinski definition) is 8. The molecule has 0 amide bonds. The second-order valence-corrected chi connectivity index (χ2v) is 10.6. The third kappa shape index (κ3) is 3.95. The minimum absolute atomic E-state index is 0.264. The molecular formula is C24H29N5O4S. The first-order valence-electron chi connectivity index (χ1n) is 11.4. The second-order valence-electron chi connectivity index (χ2n) is 8.66. The highest BCUT2D eigenvalue weighted by Crippen LogP contribution is 2.37. The molecule has 9 nitrogen and oxygen atoms in total. The normalized spacial score (nSPS) is 17.6. The highest BCUT2D eigenvalue weighted by Gasteiger charge is 2.32. The molecule has 3 heterocycles. The van der Waals surface area contributed by atoms with Crippen LogP contribution in [-0.4, -0.2) is 81.6 Å². The zero-order valence-corrected chi connectivity index (χ0v) is 20.5. The summed E-state index contributed by atoms with van der Waals surface area (Å²) in [5.74, 6) is 1.34. The number of ether oxygens (including phenoxy) is 2. The van der Waals surface area contributed by atoms with Crippen molar-refractivity contribution >= 4 is 26.7 Å². The van der Waals surface area contributed by atoms with Gasteiger partial charge in [-0.3, -0.25) is 0 Å². The summed E-state index contributed by atoms with van der Waals surface area (Å²) >= 11 is 0. The standard InChI is InChI=1S/C24H29N5O4S/c1-27-12-14-29(15-13-27)34(30,31)21-9-4-6-17-10-11-28(16-18(17)21)23-22-19(25-24(26-23)33-3)7-5-8-20(22)32-2/h4-9H,10-16H2,1-3H3. The van der Waals surface area contributed by atoms with E-state index < -0.39 is 10.0 Å². The van der Waals surface area contributed by atoms with Gasteiger partial charge in [0.2, 0.25) is 10.0 Å². The van der Waals surface area contributed by atoms with E-state index in [-0.39, 0.29) is 6.01 Å². The first-order chi connectivity index (χ1) is 16.4. The summed E-state index contributed by atoms with van der Waals surface area (Å²) in [7, 11) is 1.57. The number of benzene rings is 2. The van der Waals surface area contributed by atoms with Gasteiger partial charge in [-0.15, -0.1) is 0 Å².